The van der Waals surface area contributed by atoms with Gasteiger partial charge in [-0.25, -0.2) is 0 Å². The molecule has 0 spiro atoms. The average Bonchev–Trinajstić information content (AvgIpc) is 2.85. The van der Waals surface area contributed by atoms with Crippen LogP contribution in [0.15, 0.2) is 12.3 Å². The summed E-state index contributed by atoms with van der Waals surface area (Å²) in [4.78, 5) is 18.8. The van der Waals surface area contributed by atoms with E-state index < -0.39 is 5.41 Å². The summed E-state index contributed by atoms with van der Waals surface area (Å²) >= 11 is 0. The van der Waals surface area contributed by atoms with Crippen LogP contribution < -0.4 is 11.1 Å². The predicted octanol–water partition coefficient (Wildman–Crippen LogP) is 0.261. The highest BCUT2D eigenvalue weighted by atomic mass is 16.5. The summed E-state index contributed by atoms with van der Waals surface area (Å²) < 4.78 is 5.36. The van der Waals surface area contributed by atoms with Gasteiger partial charge >= 0.3 is 0 Å². The van der Waals surface area contributed by atoms with Gasteiger partial charge in [0.2, 0.25) is 5.91 Å². The number of ether oxygens (including phenoxy) is 1. The van der Waals surface area contributed by atoms with Crippen LogP contribution in [0.3, 0.4) is 0 Å². The van der Waals surface area contributed by atoms with E-state index in [0.29, 0.717) is 6.54 Å². The number of hydrogen-bond donors (Lipinski definition) is 2. The van der Waals surface area contributed by atoms with Gasteiger partial charge in [0.05, 0.1) is 30.5 Å². The van der Waals surface area contributed by atoms with Crippen molar-refractivity contribution in [2.45, 2.75) is 18.8 Å². The number of aryl methyl sites for hydroxylation is 1. The predicted molar refractivity (Wildman–Crippen MR) is 80.2 cm³/mol. The number of pyridine rings is 1. The average molecular weight is 290 g/mol. The van der Waals surface area contributed by atoms with E-state index in [1.165, 1.54) is 0 Å². The molecule has 2 aliphatic rings. The molecular weight excluding hydrogens is 268 g/mol. The van der Waals surface area contributed by atoms with E-state index in [-0.39, 0.29) is 5.91 Å². The van der Waals surface area contributed by atoms with Crippen LogP contribution in [0.5, 0.6) is 0 Å². The molecule has 2 aliphatic heterocycles. The van der Waals surface area contributed by atoms with Gasteiger partial charge < -0.3 is 15.8 Å². The maximum atomic E-state index is 12.2. The lowest BCUT2D eigenvalue weighted by Gasteiger charge is -2.31. The Morgan fingerprint density at radius 2 is 2.29 bits per heavy atom. The molecule has 21 heavy (non-hydrogen) atoms. The number of fused-ring (bicyclic) bond motifs is 1. The number of anilines is 1. The summed E-state index contributed by atoms with van der Waals surface area (Å²) in [5.74, 6) is -0.257. The number of carbonyl (C=O) groups excluding carboxylic acids is 1. The van der Waals surface area contributed by atoms with Crippen LogP contribution in [0.4, 0.5) is 5.69 Å². The number of nitrogens with one attached hydrogen (secondary N) is 1. The first-order chi connectivity index (χ1) is 10.1. The fraction of sp³-hybridized carbons (Fsp3) is 0.600. The van der Waals surface area contributed by atoms with Gasteiger partial charge in [-0.05, 0) is 31.5 Å². The van der Waals surface area contributed by atoms with Crippen molar-refractivity contribution in [3.63, 3.8) is 0 Å². The third kappa shape index (κ3) is 2.61. The van der Waals surface area contributed by atoms with Crippen molar-refractivity contribution >= 4 is 11.6 Å². The van der Waals surface area contributed by atoms with Crippen LogP contribution in [0, 0.1) is 6.92 Å². The van der Waals surface area contributed by atoms with Crippen molar-refractivity contribution in [2.24, 2.45) is 5.73 Å². The standard InChI is InChI=1S/C15H22N4O2/c1-11-8-12-13(9-17-11)18-10-15(12,14(16)20)2-3-19-4-6-21-7-5-19/h8-9,18H,2-7,10H2,1H3,(H2,16,20). The van der Waals surface area contributed by atoms with E-state index >= 15 is 0 Å². The molecule has 6 heteroatoms. The summed E-state index contributed by atoms with van der Waals surface area (Å²) in [6, 6.07) is 1.99. The van der Waals surface area contributed by atoms with Gasteiger partial charge in [0, 0.05) is 25.3 Å². The third-order valence-electron chi connectivity index (χ3n) is 4.57. The summed E-state index contributed by atoms with van der Waals surface area (Å²) in [7, 11) is 0. The zero-order chi connectivity index (χ0) is 14.9. The van der Waals surface area contributed by atoms with Crippen LogP contribution in [0.1, 0.15) is 17.7 Å². The van der Waals surface area contributed by atoms with Crippen LogP contribution in [-0.4, -0.2) is 55.2 Å². The Morgan fingerprint density at radius 3 is 3.00 bits per heavy atom. The molecule has 3 heterocycles. The molecule has 1 amide bonds. The zero-order valence-electron chi connectivity index (χ0n) is 12.4. The topological polar surface area (TPSA) is 80.5 Å². The molecule has 0 radical (unpaired) electrons. The van der Waals surface area contributed by atoms with Crippen molar-refractivity contribution in [3.05, 3.63) is 23.5 Å². The van der Waals surface area contributed by atoms with E-state index in [9.17, 15) is 4.79 Å². The van der Waals surface area contributed by atoms with Gasteiger partial charge in [-0.15, -0.1) is 0 Å². The number of nitrogens with two attached hydrogens (primary N) is 1. The van der Waals surface area contributed by atoms with Crippen LogP contribution >= 0.6 is 0 Å². The number of primary amides is 1. The van der Waals surface area contributed by atoms with E-state index in [1.54, 1.807) is 6.20 Å². The lowest BCUT2D eigenvalue weighted by molar-refractivity contribution is -0.123. The molecule has 6 nitrogen and oxygen atoms in total. The molecule has 0 aromatic carbocycles. The van der Waals surface area contributed by atoms with Crippen molar-refractivity contribution in [1.82, 2.24) is 9.88 Å². The summed E-state index contributed by atoms with van der Waals surface area (Å²) in [6.07, 6.45) is 2.52. The highest BCUT2D eigenvalue weighted by Gasteiger charge is 2.44. The van der Waals surface area contributed by atoms with E-state index in [0.717, 1.165) is 56.2 Å². The van der Waals surface area contributed by atoms with Crippen molar-refractivity contribution in [2.75, 3.05) is 44.7 Å². The molecular formula is C15H22N4O2. The Hall–Kier alpha value is -1.66. The smallest absolute Gasteiger partial charge is 0.230 e. The second kappa shape index (κ2) is 5.61. The summed E-state index contributed by atoms with van der Waals surface area (Å²) in [5, 5.41) is 3.28. The van der Waals surface area contributed by atoms with E-state index in [1.807, 2.05) is 13.0 Å². The molecule has 0 bridgehead atoms. The molecule has 1 saturated heterocycles. The molecule has 1 atom stereocenters. The second-order valence-electron chi connectivity index (χ2n) is 5.88. The van der Waals surface area contributed by atoms with Crippen molar-refractivity contribution in [1.29, 1.82) is 0 Å². The minimum Gasteiger partial charge on any atom is -0.382 e. The SMILES string of the molecule is Cc1cc2c(cn1)NCC2(CCN1CCOCC1)C(N)=O. The Labute approximate surface area is 124 Å². The van der Waals surface area contributed by atoms with Gasteiger partial charge in [0.1, 0.15) is 0 Å². The Balaban J connectivity index is 1.82. The van der Waals surface area contributed by atoms with Gasteiger partial charge in [0.15, 0.2) is 0 Å². The quantitative estimate of drug-likeness (QED) is 0.831. The molecule has 1 fully saturated rings. The van der Waals surface area contributed by atoms with E-state index in [2.05, 4.69) is 15.2 Å². The number of hydrogen-bond acceptors (Lipinski definition) is 5. The fourth-order valence-corrected chi connectivity index (χ4v) is 3.18. The van der Waals surface area contributed by atoms with Gasteiger partial charge in [-0.1, -0.05) is 0 Å². The summed E-state index contributed by atoms with van der Waals surface area (Å²) in [5.41, 5.74) is 7.99. The lowest BCUT2D eigenvalue weighted by Crippen LogP contribution is -2.47. The van der Waals surface area contributed by atoms with Crippen LogP contribution in [-0.2, 0) is 14.9 Å². The van der Waals surface area contributed by atoms with Gasteiger partial charge in [-0.3, -0.25) is 14.7 Å². The number of aromatic nitrogens is 1. The normalized spacial score (nSPS) is 25.4. The largest absolute Gasteiger partial charge is 0.382 e. The van der Waals surface area contributed by atoms with Crippen molar-refractivity contribution in [3.8, 4) is 0 Å². The van der Waals surface area contributed by atoms with Crippen LogP contribution in [0.2, 0.25) is 0 Å². The Morgan fingerprint density at radius 1 is 1.52 bits per heavy atom. The maximum absolute atomic E-state index is 12.2. The molecule has 3 N–H and O–H groups in total. The molecule has 1 aromatic heterocycles. The zero-order valence-corrected chi connectivity index (χ0v) is 12.4. The Bertz CT molecular complexity index is 542. The first-order valence-electron chi connectivity index (χ1n) is 7.43. The molecule has 3 rings (SSSR count). The van der Waals surface area contributed by atoms with Crippen LogP contribution in [0.25, 0.3) is 0 Å². The number of morpholine rings is 1. The summed E-state index contributed by atoms with van der Waals surface area (Å²) in [6.45, 7) is 6.73. The fourth-order valence-electron chi connectivity index (χ4n) is 3.18. The minimum atomic E-state index is -0.624. The molecule has 0 aliphatic carbocycles. The first-order valence-corrected chi connectivity index (χ1v) is 7.43. The number of rotatable bonds is 4. The molecule has 1 unspecified atom stereocenters. The van der Waals surface area contributed by atoms with Gasteiger partial charge in [-0.2, -0.15) is 0 Å². The van der Waals surface area contributed by atoms with E-state index in [4.69, 9.17) is 10.5 Å². The molecule has 114 valence electrons. The molecule has 1 aromatic rings. The number of carbonyl (C=O) groups is 1. The number of nitrogens with zero attached hydrogens (tertiary/aromatic N) is 2. The van der Waals surface area contributed by atoms with Crippen molar-refractivity contribution < 1.29 is 9.53 Å². The first kappa shape index (κ1) is 14.3. The maximum Gasteiger partial charge on any atom is 0.230 e. The lowest BCUT2D eigenvalue weighted by atomic mass is 9.78. The highest BCUT2D eigenvalue weighted by Crippen LogP contribution is 2.39. The molecule has 0 saturated carbocycles. The van der Waals surface area contributed by atoms with Gasteiger partial charge in [0.25, 0.3) is 0 Å². The highest BCUT2D eigenvalue weighted by molar-refractivity contribution is 5.91. The number of amides is 1. The third-order valence-corrected chi connectivity index (χ3v) is 4.57. The Kier molecular flexibility index (Phi) is 3.82. The monoisotopic (exact) mass is 290 g/mol. The second-order valence-corrected chi connectivity index (χ2v) is 5.88. The minimum absolute atomic E-state index is 0.257.